The first-order chi connectivity index (χ1) is 13.4. The van der Waals surface area contributed by atoms with Crippen LogP contribution in [0.2, 0.25) is 0 Å². The van der Waals surface area contributed by atoms with E-state index in [9.17, 15) is 17.6 Å². The molecule has 0 saturated heterocycles. The van der Waals surface area contributed by atoms with E-state index in [1.54, 1.807) is 6.08 Å². The van der Waals surface area contributed by atoms with Crippen molar-refractivity contribution in [2.45, 2.75) is 4.90 Å². The summed E-state index contributed by atoms with van der Waals surface area (Å²) in [6.07, 6.45) is 1.61. The number of hydrogen-bond acceptors (Lipinski definition) is 5. The van der Waals surface area contributed by atoms with Gasteiger partial charge in [-0.3, -0.25) is 4.79 Å². The van der Waals surface area contributed by atoms with E-state index in [0.717, 1.165) is 29.8 Å². The zero-order valence-electron chi connectivity index (χ0n) is 14.3. The Morgan fingerprint density at radius 1 is 0.929 bits per heavy atom. The second-order valence-corrected chi connectivity index (χ2v) is 7.55. The first-order valence-electron chi connectivity index (χ1n) is 8.26. The fourth-order valence-electron chi connectivity index (χ4n) is 2.70. The van der Waals surface area contributed by atoms with Gasteiger partial charge in [0.05, 0.1) is 5.56 Å². The van der Waals surface area contributed by atoms with E-state index in [1.807, 2.05) is 30.3 Å². The fourth-order valence-corrected chi connectivity index (χ4v) is 3.62. The molecule has 0 radical (unpaired) electrons. The van der Waals surface area contributed by atoms with E-state index < -0.39 is 15.9 Å². The minimum absolute atomic E-state index is 0.0168. The number of benzene rings is 3. The van der Waals surface area contributed by atoms with Gasteiger partial charge in [0, 0.05) is 6.07 Å². The van der Waals surface area contributed by atoms with Crippen molar-refractivity contribution < 1.29 is 26.5 Å². The third-order valence-electron chi connectivity index (χ3n) is 4.05. The molecule has 0 unspecified atom stereocenters. The summed E-state index contributed by atoms with van der Waals surface area (Å²) in [5.41, 5.74) is 1.11. The molecule has 0 fully saturated rings. The third-order valence-corrected chi connectivity index (χ3v) is 5.31. The van der Waals surface area contributed by atoms with Crippen molar-refractivity contribution in [1.82, 2.24) is 0 Å². The van der Waals surface area contributed by atoms with E-state index >= 15 is 0 Å². The number of carbonyl (C=O) groups is 1. The Kier molecular flexibility index (Phi) is 4.44. The normalized spacial score (nSPS) is 14.6. The van der Waals surface area contributed by atoms with Crippen LogP contribution in [-0.4, -0.2) is 14.2 Å². The van der Waals surface area contributed by atoms with Gasteiger partial charge in [-0.1, -0.05) is 30.3 Å². The molecule has 7 heteroatoms. The van der Waals surface area contributed by atoms with Gasteiger partial charge in [0.15, 0.2) is 5.76 Å². The van der Waals surface area contributed by atoms with Crippen molar-refractivity contribution in [2.75, 3.05) is 0 Å². The molecule has 5 nitrogen and oxygen atoms in total. The summed E-state index contributed by atoms with van der Waals surface area (Å²) in [5, 5.41) is 0. The van der Waals surface area contributed by atoms with Crippen LogP contribution in [-0.2, 0) is 10.1 Å². The summed E-state index contributed by atoms with van der Waals surface area (Å²) >= 11 is 0. The van der Waals surface area contributed by atoms with Gasteiger partial charge in [0.25, 0.3) is 0 Å². The number of ketones is 1. The summed E-state index contributed by atoms with van der Waals surface area (Å²) in [4.78, 5) is 12.3. The Morgan fingerprint density at radius 3 is 2.36 bits per heavy atom. The molecule has 4 rings (SSSR count). The lowest BCUT2D eigenvalue weighted by Gasteiger charge is -2.07. The number of carbonyl (C=O) groups excluding carboxylic acids is 1. The number of rotatable bonds is 4. The van der Waals surface area contributed by atoms with Gasteiger partial charge < -0.3 is 8.92 Å². The number of Topliss-reactive ketones (excluding diaryl/α,β-unsaturated/α-hetero) is 1. The molecule has 0 bridgehead atoms. The first-order valence-corrected chi connectivity index (χ1v) is 9.67. The molecule has 0 aromatic heterocycles. The monoisotopic (exact) mass is 396 g/mol. The SMILES string of the molecule is O=C1C(=Cc2ccccc2)Oc2cc(OS(=O)(=O)c3ccc(F)cc3)ccc21. The predicted molar refractivity (Wildman–Crippen MR) is 100 cm³/mol. The molecule has 1 heterocycles. The van der Waals surface area contributed by atoms with Crippen molar-refractivity contribution in [3.05, 3.63) is 95.5 Å². The van der Waals surface area contributed by atoms with Crippen LogP contribution >= 0.6 is 0 Å². The van der Waals surface area contributed by atoms with Gasteiger partial charge in [-0.2, -0.15) is 8.42 Å². The van der Waals surface area contributed by atoms with Crippen LogP contribution in [0.15, 0.2) is 83.5 Å². The zero-order chi connectivity index (χ0) is 19.7. The van der Waals surface area contributed by atoms with E-state index in [-0.39, 0.29) is 27.9 Å². The average molecular weight is 396 g/mol. The zero-order valence-corrected chi connectivity index (χ0v) is 15.1. The Morgan fingerprint density at radius 2 is 1.64 bits per heavy atom. The van der Waals surface area contributed by atoms with Crippen molar-refractivity contribution in [2.24, 2.45) is 0 Å². The van der Waals surface area contributed by atoms with Crippen molar-refractivity contribution in [1.29, 1.82) is 0 Å². The molecule has 3 aromatic carbocycles. The maximum absolute atomic E-state index is 13.0. The molecule has 1 aliphatic heterocycles. The van der Waals surface area contributed by atoms with Crippen LogP contribution in [0.25, 0.3) is 6.08 Å². The average Bonchev–Trinajstić information content (AvgIpc) is 2.97. The van der Waals surface area contributed by atoms with Crippen LogP contribution in [0.1, 0.15) is 15.9 Å². The highest BCUT2D eigenvalue weighted by atomic mass is 32.2. The summed E-state index contributed by atoms with van der Waals surface area (Å²) in [6.45, 7) is 0. The van der Waals surface area contributed by atoms with Gasteiger partial charge in [-0.15, -0.1) is 0 Å². The highest BCUT2D eigenvalue weighted by molar-refractivity contribution is 7.87. The summed E-state index contributed by atoms with van der Waals surface area (Å²) < 4.78 is 48.3. The summed E-state index contributed by atoms with van der Waals surface area (Å²) in [7, 11) is -4.14. The van der Waals surface area contributed by atoms with Crippen LogP contribution in [0.3, 0.4) is 0 Å². The molecule has 0 saturated carbocycles. The standard InChI is InChI=1S/C21H13FO5S/c22-15-6-9-17(10-7-15)28(24,25)27-16-8-11-18-19(13-16)26-20(21(18)23)12-14-4-2-1-3-5-14/h1-13H. The fraction of sp³-hybridized carbons (Fsp3) is 0. The Bertz CT molecular complexity index is 1180. The predicted octanol–water partition coefficient (Wildman–Crippen LogP) is 4.21. The van der Waals surface area contributed by atoms with E-state index in [0.29, 0.717) is 5.56 Å². The van der Waals surface area contributed by atoms with Crippen molar-refractivity contribution >= 4 is 22.0 Å². The lowest BCUT2D eigenvalue weighted by Crippen LogP contribution is -2.09. The maximum atomic E-state index is 13.0. The quantitative estimate of drug-likeness (QED) is 0.488. The van der Waals surface area contributed by atoms with Crippen LogP contribution in [0, 0.1) is 5.82 Å². The van der Waals surface area contributed by atoms with Crippen LogP contribution in [0.4, 0.5) is 4.39 Å². The maximum Gasteiger partial charge on any atom is 0.339 e. The van der Waals surface area contributed by atoms with Gasteiger partial charge in [0.2, 0.25) is 5.78 Å². The Hall–Kier alpha value is -3.45. The lowest BCUT2D eigenvalue weighted by atomic mass is 10.1. The van der Waals surface area contributed by atoms with Gasteiger partial charge in [0.1, 0.15) is 22.2 Å². The molecule has 140 valence electrons. The topological polar surface area (TPSA) is 69.7 Å². The molecule has 1 aliphatic rings. The van der Waals surface area contributed by atoms with Gasteiger partial charge >= 0.3 is 10.1 Å². The van der Waals surface area contributed by atoms with E-state index in [1.165, 1.54) is 18.2 Å². The van der Waals surface area contributed by atoms with Crippen molar-refractivity contribution in [3.8, 4) is 11.5 Å². The second-order valence-electron chi connectivity index (χ2n) is 6.00. The highest BCUT2D eigenvalue weighted by Gasteiger charge is 2.28. The molecule has 0 amide bonds. The summed E-state index contributed by atoms with van der Waals surface area (Å²) in [6, 6.07) is 17.6. The molecule has 0 atom stereocenters. The molecule has 28 heavy (non-hydrogen) atoms. The largest absolute Gasteiger partial charge is 0.452 e. The van der Waals surface area contributed by atoms with Gasteiger partial charge in [-0.25, -0.2) is 4.39 Å². The molecular weight excluding hydrogens is 383 g/mol. The van der Waals surface area contributed by atoms with Crippen LogP contribution < -0.4 is 8.92 Å². The minimum Gasteiger partial charge on any atom is -0.452 e. The number of halogens is 1. The highest BCUT2D eigenvalue weighted by Crippen LogP contribution is 2.35. The number of ether oxygens (including phenoxy) is 1. The van der Waals surface area contributed by atoms with E-state index in [4.69, 9.17) is 8.92 Å². The van der Waals surface area contributed by atoms with Crippen LogP contribution in [0.5, 0.6) is 11.5 Å². The number of fused-ring (bicyclic) bond motifs is 1. The Balaban J connectivity index is 1.60. The van der Waals surface area contributed by atoms with Gasteiger partial charge in [-0.05, 0) is 48.0 Å². The molecular formula is C21H13FO5S. The Labute approximate surface area is 160 Å². The summed E-state index contributed by atoms with van der Waals surface area (Å²) in [5.74, 6) is -0.525. The first kappa shape index (κ1) is 17.9. The smallest absolute Gasteiger partial charge is 0.339 e. The molecule has 0 spiro atoms. The molecule has 0 N–H and O–H groups in total. The minimum atomic E-state index is -4.14. The third kappa shape index (κ3) is 3.52. The molecule has 0 aliphatic carbocycles. The number of hydrogen-bond donors (Lipinski definition) is 0. The van der Waals surface area contributed by atoms with E-state index in [2.05, 4.69) is 0 Å². The lowest BCUT2D eigenvalue weighted by molar-refractivity contribution is 0.101. The second kappa shape index (κ2) is 6.94. The van der Waals surface area contributed by atoms with Crippen molar-refractivity contribution in [3.63, 3.8) is 0 Å². The molecule has 3 aromatic rings. The number of allylic oxidation sites excluding steroid dienone is 1.